The van der Waals surface area contributed by atoms with E-state index < -0.39 is 0 Å². The number of carbonyl (C=O) groups excluding carboxylic acids is 1. The van der Waals surface area contributed by atoms with Crippen LogP contribution in [0, 0.1) is 0 Å². The van der Waals surface area contributed by atoms with E-state index in [9.17, 15) is 4.79 Å². The summed E-state index contributed by atoms with van der Waals surface area (Å²) in [6.45, 7) is 0.239. The molecule has 0 fully saturated rings. The van der Waals surface area contributed by atoms with Gasteiger partial charge >= 0.3 is 0 Å². The Balaban J connectivity index is 1.47. The largest absolute Gasteiger partial charge is 0.493 e. The number of nitrogens with zero attached hydrogens (tertiary/aromatic N) is 2. The Hall–Kier alpha value is -3.26. The minimum absolute atomic E-state index is 0.239. The highest BCUT2D eigenvalue weighted by Crippen LogP contribution is 2.34. The first-order valence-electron chi connectivity index (χ1n) is 10.5. The summed E-state index contributed by atoms with van der Waals surface area (Å²) in [5.74, 6) is 0.699. The molecule has 4 rings (SSSR count). The van der Waals surface area contributed by atoms with Gasteiger partial charge in [0.1, 0.15) is 6.61 Å². The van der Waals surface area contributed by atoms with Crippen molar-refractivity contribution in [2.45, 2.75) is 6.61 Å². The second-order valence-corrected chi connectivity index (χ2v) is 9.05. The average molecular weight is 573 g/mol. The van der Waals surface area contributed by atoms with E-state index >= 15 is 0 Å². The predicted octanol–water partition coefficient (Wildman–Crippen LogP) is 6.90. The van der Waals surface area contributed by atoms with Crippen molar-refractivity contribution < 1.29 is 14.3 Å². The number of carbonyl (C=O) groups is 1. The molecule has 9 heteroatoms. The maximum absolute atomic E-state index is 12.8. The predicted molar refractivity (Wildman–Crippen MR) is 142 cm³/mol. The lowest BCUT2D eigenvalue weighted by atomic mass is 10.1. The van der Waals surface area contributed by atoms with Crippen LogP contribution in [-0.4, -0.2) is 23.8 Å². The van der Waals surface area contributed by atoms with Gasteiger partial charge in [-0.1, -0.05) is 41.4 Å². The van der Waals surface area contributed by atoms with E-state index in [-0.39, 0.29) is 12.5 Å². The second kappa shape index (κ2) is 11.4. The number of aromatic nitrogens is 1. The van der Waals surface area contributed by atoms with Crippen LogP contribution >= 0.6 is 39.1 Å². The number of hydrazone groups is 1. The molecule has 1 heterocycles. The molecule has 1 amide bonds. The van der Waals surface area contributed by atoms with E-state index in [2.05, 4.69) is 26.5 Å². The third kappa shape index (κ3) is 6.06. The Morgan fingerprint density at radius 1 is 1.06 bits per heavy atom. The molecule has 0 aliphatic rings. The zero-order valence-corrected chi connectivity index (χ0v) is 21.6. The molecular weight excluding hydrogens is 553 g/mol. The number of halogens is 3. The van der Waals surface area contributed by atoms with Crippen molar-refractivity contribution in [1.82, 2.24) is 9.99 Å². The molecule has 35 heavy (non-hydrogen) atoms. The molecule has 1 N–H and O–H groups in total. The summed E-state index contributed by atoms with van der Waals surface area (Å²) in [6, 6.07) is 19.9. The van der Waals surface area contributed by atoms with Crippen molar-refractivity contribution in [2.24, 2.45) is 5.10 Å². The van der Waals surface area contributed by atoms with Gasteiger partial charge in [0.05, 0.1) is 24.6 Å². The van der Waals surface area contributed by atoms with Crippen LogP contribution in [0.5, 0.6) is 11.5 Å². The maximum Gasteiger partial charge on any atom is 0.273 e. The van der Waals surface area contributed by atoms with Gasteiger partial charge in [-0.3, -0.25) is 4.79 Å². The van der Waals surface area contributed by atoms with Gasteiger partial charge in [0.2, 0.25) is 0 Å². The highest BCUT2D eigenvalue weighted by molar-refractivity contribution is 9.10. The van der Waals surface area contributed by atoms with Crippen molar-refractivity contribution in [3.05, 3.63) is 110 Å². The van der Waals surface area contributed by atoms with Gasteiger partial charge in [-0.2, -0.15) is 5.10 Å². The maximum atomic E-state index is 12.8. The van der Waals surface area contributed by atoms with Gasteiger partial charge in [0, 0.05) is 38.0 Å². The molecule has 3 aromatic carbocycles. The first-order valence-corrected chi connectivity index (χ1v) is 12.0. The zero-order chi connectivity index (χ0) is 24.8. The Morgan fingerprint density at radius 3 is 2.57 bits per heavy atom. The zero-order valence-electron chi connectivity index (χ0n) is 18.5. The van der Waals surface area contributed by atoms with E-state index in [1.54, 1.807) is 37.4 Å². The van der Waals surface area contributed by atoms with Crippen LogP contribution in [0.3, 0.4) is 0 Å². The molecule has 0 saturated carbocycles. The number of hydrogen-bond acceptors (Lipinski definition) is 4. The topological polar surface area (TPSA) is 64.8 Å². The molecule has 0 unspecified atom stereocenters. The van der Waals surface area contributed by atoms with Crippen molar-refractivity contribution in [1.29, 1.82) is 0 Å². The van der Waals surface area contributed by atoms with Crippen LogP contribution in [0.15, 0.2) is 88.7 Å². The lowest BCUT2D eigenvalue weighted by molar-refractivity contribution is 0.0955. The molecule has 4 aromatic rings. The molecule has 178 valence electrons. The Kier molecular flexibility index (Phi) is 8.13. The number of amides is 1. The number of benzene rings is 3. The Bertz CT molecular complexity index is 1370. The molecule has 0 radical (unpaired) electrons. The van der Waals surface area contributed by atoms with Crippen LogP contribution in [0.4, 0.5) is 0 Å². The number of methoxy groups -OCH3 is 1. The first-order chi connectivity index (χ1) is 17.0. The summed E-state index contributed by atoms with van der Waals surface area (Å²) < 4.78 is 14.0. The minimum Gasteiger partial charge on any atom is -0.493 e. The third-order valence-corrected chi connectivity index (χ3v) is 6.36. The molecule has 1 aromatic heterocycles. The van der Waals surface area contributed by atoms with Gasteiger partial charge in [-0.05, 0) is 64.5 Å². The van der Waals surface area contributed by atoms with Gasteiger partial charge < -0.3 is 14.0 Å². The minimum atomic E-state index is -0.326. The molecule has 6 nitrogen and oxygen atoms in total. The lowest BCUT2D eigenvalue weighted by Gasteiger charge is -2.13. The number of nitrogens with one attached hydrogen (secondary N) is 1. The van der Waals surface area contributed by atoms with Crippen LogP contribution < -0.4 is 14.9 Å². The second-order valence-electron chi connectivity index (χ2n) is 7.36. The smallest absolute Gasteiger partial charge is 0.273 e. The normalized spacial score (nSPS) is 11.0. The van der Waals surface area contributed by atoms with Crippen LogP contribution in [0.1, 0.15) is 21.5 Å². The van der Waals surface area contributed by atoms with Crippen molar-refractivity contribution in [3.8, 4) is 17.2 Å². The lowest BCUT2D eigenvalue weighted by Crippen LogP contribution is -2.19. The van der Waals surface area contributed by atoms with Gasteiger partial charge in [0.25, 0.3) is 5.91 Å². The van der Waals surface area contributed by atoms with E-state index in [1.165, 1.54) is 6.21 Å². The number of hydrogen-bond donors (Lipinski definition) is 1. The highest BCUT2D eigenvalue weighted by Gasteiger charge is 2.13. The van der Waals surface area contributed by atoms with Gasteiger partial charge in [-0.15, -0.1) is 0 Å². The standard InChI is InChI=1S/C26H20BrCl2N3O3/c1-34-24-12-18(21(27)14-25(24)35-16-17-8-9-19(28)13-22(17)29)15-30-31-26(33)20-6-2-3-7-23(20)32-10-4-5-11-32/h2-15H,16H2,1H3,(H,31,33)/b30-15+. The van der Waals surface area contributed by atoms with Crippen LogP contribution in [0.2, 0.25) is 10.0 Å². The fourth-order valence-electron chi connectivity index (χ4n) is 3.32. The fraction of sp³-hybridized carbons (Fsp3) is 0.0769. The molecule has 0 aliphatic heterocycles. The summed E-state index contributed by atoms with van der Waals surface area (Å²) in [5, 5.41) is 5.21. The quantitative estimate of drug-likeness (QED) is 0.184. The molecule has 0 bridgehead atoms. The molecule has 0 aliphatic carbocycles. The van der Waals surface area contributed by atoms with E-state index in [0.29, 0.717) is 37.1 Å². The van der Waals surface area contributed by atoms with E-state index in [4.69, 9.17) is 32.7 Å². The van der Waals surface area contributed by atoms with Gasteiger partial charge in [-0.25, -0.2) is 5.43 Å². The molecule has 0 saturated heterocycles. The Morgan fingerprint density at radius 2 is 1.83 bits per heavy atom. The van der Waals surface area contributed by atoms with E-state index in [1.807, 2.05) is 53.4 Å². The monoisotopic (exact) mass is 571 g/mol. The number of ether oxygens (including phenoxy) is 2. The van der Waals surface area contributed by atoms with Crippen LogP contribution in [0.25, 0.3) is 5.69 Å². The number of rotatable bonds is 8. The first kappa shape index (κ1) is 24.9. The Labute approximate surface area is 221 Å². The SMILES string of the molecule is COc1cc(/C=N/NC(=O)c2ccccc2-n2cccc2)c(Br)cc1OCc1ccc(Cl)cc1Cl. The van der Waals surface area contributed by atoms with Gasteiger partial charge in [0.15, 0.2) is 11.5 Å². The van der Waals surface area contributed by atoms with Crippen molar-refractivity contribution >= 4 is 51.3 Å². The van der Waals surface area contributed by atoms with Crippen LogP contribution in [-0.2, 0) is 6.61 Å². The summed E-state index contributed by atoms with van der Waals surface area (Å²) in [5.41, 5.74) is 5.33. The van der Waals surface area contributed by atoms with Crippen molar-refractivity contribution in [3.63, 3.8) is 0 Å². The average Bonchev–Trinajstić information content (AvgIpc) is 3.39. The summed E-state index contributed by atoms with van der Waals surface area (Å²) >= 11 is 15.7. The molecule has 0 atom stereocenters. The van der Waals surface area contributed by atoms with Crippen molar-refractivity contribution in [2.75, 3.05) is 7.11 Å². The van der Waals surface area contributed by atoms with E-state index in [0.717, 1.165) is 11.3 Å². The summed E-state index contributed by atoms with van der Waals surface area (Å²) in [7, 11) is 1.55. The highest BCUT2D eigenvalue weighted by atomic mass is 79.9. The summed E-state index contributed by atoms with van der Waals surface area (Å²) in [4.78, 5) is 12.8. The number of para-hydroxylation sites is 1. The molecule has 0 spiro atoms. The third-order valence-electron chi connectivity index (χ3n) is 5.08. The molecular formula is C26H20BrCl2N3O3. The summed E-state index contributed by atoms with van der Waals surface area (Å²) in [6.07, 6.45) is 5.29. The fourth-order valence-corrected chi connectivity index (χ4v) is 4.21.